The maximum atomic E-state index is 4.91. The Kier molecular flexibility index (Phi) is 1.64. The lowest BCUT2D eigenvalue weighted by Gasteiger charge is -1.82. The van der Waals surface area contributed by atoms with Crippen LogP contribution in [0.5, 0.6) is 0 Å². The first-order chi connectivity index (χ1) is 6.93. The monoisotopic (exact) mass is 200 g/mol. The van der Waals surface area contributed by atoms with Crippen LogP contribution in [0.3, 0.4) is 0 Å². The Morgan fingerprint density at radius 1 is 1.21 bits per heavy atom. The quantitative estimate of drug-likeness (QED) is 0.602. The molecule has 0 aliphatic rings. The Hall–Kier alpha value is -1.61. The molecule has 67 valence electrons. The zero-order valence-corrected chi connectivity index (χ0v) is 8.04. The first kappa shape index (κ1) is 7.76. The number of furan rings is 1. The molecule has 0 atom stereocenters. The van der Waals surface area contributed by atoms with E-state index in [0.717, 1.165) is 16.1 Å². The molecule has 0 saturated heterocycles. The maximum absolute atomic E-state index is 4.91. The third kappa shape index (κ3) is 1.14. The van der Waals surface area contributed by atoms with Crippen LogP contribution in [0.1, 0.15) is 0 Å². The summed E-state index contributed by atoms with van der Waals surface area (Å²) >= 11 is 1.65. The van der Waals surface area contributed by atoms with Crippen molar-refractivity contribution in [2.75, 3.05) is 0 Å². The lowest BCUT2D eigenvalue weighted by molar-refractivity contribution is 0.559. The summed E-state index contributed by atoms with van der Waals surface area (Å²) < 4.78 is 6.10. The first-order valence-corrected chi connectivity index (χ1v) is 5.06. The highest BCUT2D eigenvalue weighted by atomic mass is 32.1. The summed E-state index contributed by atoms with van der Waals surface area (Å²) in [5.74, 6) is 0. The zero-order chi connectivity index (χ0) is 9.38. The van der Waals surface area contributed by atoms with E-state index in [1.165, 1.54) is 4.70 Å². The van der Waals surface area contributed by atoms with Gasteiger partial charge in [0, 0.05) is 0 Å². The third-order valence-electron chi connectivity index (χ3n) is 2.00. The van der Waals surface area contributed by atoms with E-state index in [-0.39, 0.29) is 0 Å². The molecule has 2 nitrogen and oxygen atoms in total. The molecule has 2 heterocycles. The molecule has 0 bridgehead atoms. The average Bonchev–Trinajstić information content (AvgIpc) is 2.86. The second kappa shape index (κ2) is 2.96. The van der Waals surface area contributed by atoms with Gasteiger partial charge in [0.1, 0.15) is 5.01 Å². The molecule has 14 heavy (non-hydrogen) atoms. The van der Waals surface area contributed by atoms with Crippen LogP contribution in [0, 0.1) is 6.26 Å². The van der Waals surface area contributed by atoms with Gasteiger partial charge >= 0.3 is 0 Å². The van der Waals surface area contributed by atoms with Gasteiger partial charge in [-0.15, -0.1) is 11.3 Å². The number of fused-ring (bicyclic) bond motifs is 1. The largest absolute Gasteiger partial charge is 0.460 e. The number of aromatic nitrogens is 1. The van der Waals surface area contributed by atoms with Crippen molar-refractivity contribution in [3.05, 3.63) is 42.9 Å². The van der Waals surface area contributed by atoms with Gasteiger partial charge in [0.2, 0.25) is 0 Å². The lowest BCUT2D eigenvalue weighted by Crippen LogP contribution is -1.69. The Labute approximate surface area is 84.8 Å². The molecule has 0 saturated carbocycles. The summed E-state index contributed by atoms with van der Waals surface area (Å²) in [5, 5.41) is 0.958. The minimum absolute atomic E-state index is 0.922. The van der Waals surface area contributed by atoms with E-state index in [9.17, 15) is 0 Å². The molecule has 2 aromatic heterocycles. The van der Waals surface area contributed by atoms with Gasteiger partial charge in [-0.2, -0.15) is 0 Å². The van der Waals surface area contributed by atoms with E-state index < -0.39 is 0 Å². The second-order valence-electron chi connectivity index (χ2n) is 2.92. The van der Waals surface area contributed by atoms with E-state index in [4.69, 9.17) is 4.42 Å². The van der Waals surface area contributed by atoms with Gasteiger partial charge in [-0.1, -0.05) is 12.1 Å². The van der Waals surface area contributed by atoms with Crippen LogP contribution in [0.25, 0.3) is 20.8 Å². The minimum Gasteiger partial charge on any atom is -0.460 e. The fraction of sp³-hybridized carbons (Fsp3) is 0. The molecule has 0 aliphatic carbocycles. The maximum Gasteiger partial charge on any atom is 0.180 e. The second-order valence-corrected chi connectivity index (χ2v) is 3.95. The van der Waals surface area contributed by atoms with E-state index in [1.807, 2.05) is 24.3 Å². The average molecular weight is 200 g/mol. The fourth-order valence-corrected chi connectivity index (χ4v) is 2.27. The standard InChI is InChI=1S/C11H6NOS/c1-2-4-10-9(3-1)12-11(14-10)8-5-6-13-7-8/h1-6H. The predicted molar refractivity (Wildman–Crippen MR) is 56.2 cm³/mol. The van der Waals surface area contributed by atoms with E-state index in [2.05, 4.69) is 17.3 Å². The number of thiazole rings is 1. The van der Waals surface area contributed by atoms with Gasteiger partial charge in [0.25, 0.3) is 0 Å². The van der Waals surface area contributed by atoms with Crippen molar-refractivity contribution in [2.24, 2.45) is 0 Å². The van der Waals surface area contributed by atoms with Gasteiger partial charge in [-0.3, -0.25) is 0 Å². The number of rotatable bonds is 1. The number of nitrogens with zero attached hydrogens (tertiary/aromatic N) is 1. The predicted octanol–water partition coefficient (Wildman–Crippen LogP) is 3.36. The summed E-state index contributed by atoms with van der Waals surface area (Å²) in [7, 11) is 0. The molecule has 1 aromatic carbocycles. The summed E-state index contributed by atoms with van der Waals surface area (Å²) in [6.45, 7) is 0. The van der Waals surface area contributed by atoms with Crippen molar-refractivity contribution in [3.63, 3.8) is 0 Å². The smallest absolute Gasteiger partial charge is 0.180 e. The molecule has 3 heteroatoms. The van der Waals surface area contributed by atoms with Crippen LogP contribution in [0.4, 0.5) is 0 Å². The summed E-state index contributed by atoms with van der Waals surface area (Å²) in [6.07, 6.45) is 4.40. The van der Waals surface area contributed by atoms with Gasteiger partial charge in [0.15, 0.2) is 6.26 Å². The molecule has 0 aliphatic heterocycles. The Balaban J connectivity index is 2.24. The fourth-order valence-electron chi connectivity index (χ4n) is 1.34. The van der Waals surface area contributed by atoms with Crippen molar-refractivity contribution in [2.45, 2.75) is 0 Å². The van der Waals surface area contributed by atoms with Gasteiger partial charge in [-0.25, -0.2) is 4.98 Å². The molecule has 3 aromatic rings. The topological polar surface area (TPSA) is 26.0 Å². The molecular weight excluding hydrogens is 194 g/mol. The summed E-state index contributed by atoms with van der Waals surface area (Å²) in [6, 6.07) is 9.96. The van der Waals surface area contributed by atoms with E-state index in [0.29, 0.717) is 0 Å². The normalized spacial score (nSPS) is 10.9. The van der Waals surface area contributed by atoms with Crippen molar-refractivity contribution in [1.82, 2.24) is 4.98 Å². The number of hydrogen-bond donors (Lipinski definition) is 0. The highest BCUT2D eigenvalue weighted by molar-refractivity contribution is 7.21. The molecule has 0 N–H and O–H groups in total. The molecular formula is C11H6NOS. The van der Waals surface area contributed by atoms with Gasteiger partial charge in [-0.05, 0) is 18.2 Å². The van der Waals surface area contributed by atoms with Crippen molar-refractivity contribution in [3.8, 4) is 10.6 Å². The van der Waals surface area contributed by atoms with Crippen molar-refractivity contribution >= 4 is 21.6 Å². The number of para-hydroxylation sites is 1. The molecule has 0 amide bonds. The Bertz CT molecular complexity index is 520. The van der Waals surface area contributed by atoms with Crippen molar-refractivity contribution < 1.29 is 4.42 Å². The molecule has 3 rings (SSSR count). The van der Waals surface area contributed by atoms with Crippen LogP contribution in [0.2, 0.25) is 0 Å². The van der Waals surface area contributed by atoms with Crippen LogP contribution < -0.4 is 0 Å². The van der Waals surface area contributed by atoms with Crippen LogP contribution in [0.15, 0.2) is 41.0 Å². The highest BCUT2D eigenvalue weighted by Gasteiger charge is 2.06. The Morgan fingerprint density at radius 3 is 2.93 bits per heavy atom. The molecule has 0 unspecified atom stereocenters. The summed E-state index contributed by atoms with van der Waals surface area (Å²) in [4.78, 5) is 4.48. The van der Waals surface area contributed by atoms with Crippen LogP contribution in [-0.2, 0) is 0 Å². The molecule has 1 radical (unpaired) electrons. The Morgan fingerprint density at radius 2 is 2.14 bits per heavy atom. The third-order valence-corrected chi connectivity index (χ3v) is 3.07. The number of hydrogen-bond acceptors (Lipinski definition) is 3. The molecule has 0 fully saturated rings. The summed E-state index contributed by atoms with van der Waals surface area (Å²) in [5.41, 5.74) is 1.95. The van der Waals surface area contributed by atoms with Gasteiger partial charge in [0.05, 0.1) is 22.0 Å². The van der Waals surface area contributed by atoms with Crippen molar-refractivity contribution in [1.29, 1.82) is 0 Å². The zero-order valence-electron chi connectivity index (χ0n) is 7.23. The van der Waals surface area contributed by atoms with Crippen LogP contribution >= 0.6 is 11.3 Å². The van der Waals surface area contributed by atoms with Gasteiger partial charge < -0.3 is 4.42 Å². The van der Waals surface area contributed by atoms with E-state index >= 15 is 0 Å². The SMILES string of the molecule is [c]1occc1-c1nc2ccccc2s1. The van der Waals surface area contributed by atoms with E-state index in [1.54, 1.807) is 17.6 Å². The molecule has 0 spiro atoms. The lowest BCUT2D eigenvalue weighted by atomic mass is 10.3. The number of benzene rings is 1. The minimum atomic E-state index is 0.922. The van der Waals surface area contributed by atoms with Crippen LogP contribution in [-0.4, -0.2) is 4.98 Å². The first-order valence-electron chi connectivity index (χ1n) is 4.24. The highest BCUT2D eigenvalue weighted by Crippen LogP contribution is 2.29.